The van der Waals surface area contributed by atoms with Crippen molar-refractivity contribution in [1.82, 2.24) is 0 Å². The third kappa shape index (κ3) is 3.69. The Labute approximate surface area is 177 Å². The molecule has 0 heterocycles. The molecule has 0 atom stereocenters. The summed E-state index contributed by atoms with van der Waals surface area (Å²) in [7, 11) is 0. The van der Waals surface area contributed by atoms with Crippen LogP contribution in [0.3, 0.4) is 0 Å². The third-order valence-corrected chi connectivity index (χ3v) is 5.56. The minimum atomic E-state index is 0.832. The highest BCUT2D eigenvalue weighted by Gasteiger charge is 2.05. The van der Waals surface area contributed by atoms with E-state index < -0.39 is 0 Å². The predicted molar refractivity (Wildman–Crippen MR) is 125 cm³/mol. The molecule has 138 valence electrons. The normalized spacial score (nSPS) is 11.5. The Morgan fingerprint density at radius 1 is 0.517 bits per heavy atom. The van der Waals surface area contributed by atoms with Crippen LogP contribution in [-0.2, 0) is 0 Å². The molecule has 0 aliphatic carbocycles. The molecule has 3 heteroatoms. The Morgan fingerprint density at radius 2 is 1.10 bits per heavy atom. The molecule has 0 unspecified atom stereocenters. The van der Waals surface area contributed by atoms with Gasteiger partial charge in [-0.1, -0.05) is 70.5 Å². The topological polar surface area (TPSA) is 24.7 Å². The molecular formula is C26H17BrN2. The summed E-state index contributed by atoms with van der Waals surface area (Å²) in [6.45, 7) is 0. The smallest absolute Gasteiger partial charge is 0.0857 e. The quantitative estimate of drug-likeness (QED) is 0.199. The van der Waals surface area contributed by atoms with Gasteiger partial charge in [0.25, 0.3) is 0 Å². The lowest BCUT2D eigenvalue weighted by molar-refractivity contribution is 1.23. The van der Waals surface area contributed by atoms with E-state index in [0.29, 0.717) is 0 Å². The molecule has 5 rings (SSSR count). The Morgan fingerprint density at radius 3 is 1.79 bits per heavy atom. The highest BCUT2D eigenvalue weighted by atomic mass is 79.9. The van der Waals surface area contributed by atoms with Crippen LogP contribution in [0.2, 0.25) is 0 Å². The summed E-state index contributed by atoms with van der Waals surface area (Å²) < 4.78 is 1.03. The lowest BCUT2D eigenvalue weighted by atomic mass is 9.95. The van der Waals surface area contributed by atoms with Crippen LogP contribution in [0.4, 0.5) is 11.4 Å². The van der Waals surface area contributed by atoms with Gasteiger partial charge in [0.1, 0.15) is 0 Å². The predicted octanol–water partition coefficient (Wildman–Crippen LogP) is 8.84. The van der Waals surface area contributed by atoms with Gasteiger partial charge >= 0.3 is 0 Å². The summed E-state index contributed by atoms with van der Waals surface area (Å²) in [4.78, 5) is 0. The Balaban J connectivity index is 1.50. The number of azo groups is 1. The molecule has 5 aromatic rings. The molecule has 0 spiro atoms. The van der Waals surface area contributed by atoms with Crippen LogP contribution < -0.4 is 0 Å². The fourth-order valence-electron chi connectivity index (χ4n) is 3.55. The molecule has 0 aliphatic rings. The number of hydrogen-bond donors (Lipinski definition) is 0. The van der Waals surface area contributed by atoms with E-state index in [1.807, 2.05) is 36.4 Å². The maximum atomic E-state index is 4.35. The van der Waals surface area contributed by atoms with Crippen molar-refractivity contribution in [2.45, 2.75) is 0 Å². The van der Waals surface area contributed by atoms with Gasteiger partial charge in [0.05, 0.1) is 11.4 Å². The summed E-state index contributed by atoms with van der Waals surface area (Å²) in [6.07, 6.45) is 0. The zero-order valence-corrected chi connectivity index (χ0v) is 17.2. The average molecular weight is 437 g/mol. The first-order chi connectivity index (χ1) is 14.3. The van der Waals surface area contributed by atoms with Crippen molar-refractivity contribution in [3.8, 4) is 11.1 Å². The van der Waals surface area contributed by atoms with Crippen LogP contribution in [0, 0.1) is 0 Å². The van der Waals surface area contributed by atoms with E-state index in [-0.39, 0.29) is 0 Å². The lowest BCUT2D eigenvalue weighted by Gasteiger charge is -2.09. The molecule has 0 aromatic heterocycles. The van der Waals surface area contributed by atoms with Crippen molar-refractivity contribution in [3.63, 3.8) is 0 Å². The van der Waals surface area contributed by atoms with Crippen molar-refractivity contribution < 1.29 is 0 Å². The monoisotopic (exact) mass is 436 g/mol. The van der Waals surface area contributed by atoms with E-state index in [1.54, 1.807) is 0 Å². The van der Waals surface area contributed by atoms with Crippen molar-refractivity contribution in [1.29, 1.82) is 0 Å². The van der Waals surface area contributed by atoms with Crippen LogP contribution in [-0.4, -0.2) is 0 Å². The van der Waals surface area contributed by atoms with Crippen LogP contribution in [0.1, 0.15) is 0 Å². The highest BCUT2D eigenvalue weighted by molar-refractivity contribution is 9.10. The Kier molecular flexibility index (Phi) is 4.66. The van der Waals surface area contributed by atoms with Gasteiger partial charge in [0.2, 0.25) is 0 Å². The van der Waals surface area contributed by atoms with E-state index in [9.17, 15) is 0 Å². The van der Waals surface area contributed by atoms with Gasteiger partial charge < -0.3 is 0 Å². The zero-order chi connectivity index (χ0) is 19.6. The molecule has 0 radical (unpaired) electrons. The fraction of sp³-hybridized carbons (Fsp3) is 0. The molecular weight excluding hydrogens is 420 g/mol. The number of halogens is 1. The second-order valence-corrected chi connectivity index (χ2v) is 7.87. The number of rotatable bonds is 3. The van der Waals surface area contributed by atoms with Gasteiger partial charge in [-0.15, -0.1) is 0 Å². The van der Waals surface area contributed by atoms with E-state index in [1.165, 1.54) is 32.7 Å². The van der Waals surface area contributed by atoms with E-state index in [0.717, 1.165) is 15.8 Å². The molecule has 5 aromatic carbocycles. The van der Waals surface area contributed by atoms with Gasteiger partial charge in [-0.3, -0.25) is 0 Å². The number of hydrogen-bond acceptors (Lipinski definition) is 2. The van der Waals surface area contributed by atoms with Crippen molar-refractivity contribution in [2.75, 3.05) is 0 Å². The molecule has 0 amide bonds. The maximum absolute atomic E-state index is 4.35. The first kappa shape index (κ1) is 17.8. The van der Waals surface area contributed by atoms with Gasteiger partial charge in [0, 0.05) is 4.47 Å². The number of nitrogens with zero attached hydrogens (tertiary/aromatic N) is 2. The summed E-state index contributed by atoms with van der Waals surface area (Å²) in [5.74, 6) is 0. The molecule has 0 saturated heterocycles. The Bertz CT molecular complexity index is 1340. The van der Waals surface area contributed by atoms with E-state index >= 15 is 0 Å². The van der Waals surface area contributed by atoms with Crippen LogP contribution in [0.25, 0.3) is 32.7 Å². The van der Waals surface area contributed by atoms with Crippen LogP contribution in [0.15, 0.2) is 118 Å². The van der Waals surface area contributed by atoms with Crippen LogP contribution >= 0.6 is 15.9 Å². The van der Waals surface area contributed by atoms with Crippen LogP contribution in [0.5, 0.6) is 0 Å². The number of benzene rings is 5. The molecule has 0 fully saturated rings. The van der Waals surface area contributed by atoms with Gasteiger partial charge in [-0.2, -0.15) is 10.2 Å². The average Bonchev–Trinajstić information content (AvgIpc) is 2.77. The van der Waals surface area contributed by atoms with Crippen molar-refractivity contribution in [2.24, 2.45) is 10.2 Å². The molecule has 0 saturated carbocycles. The van der Waals surface area contributed by atoms with Crippen molar-refractivity contribution in [3.05, 3.63) is 108 Å². The molecule has 0 N–H and O–H groups in total. The molecule has 29 heavy (non-hydrogen) atoms. The van der Waals surface area contributed by atoms with Gasteiger partial charge in [-0.05, 0) is 81.2 Å². The third-order valence-electron chi connectivity index (χ3n) is 5.03. The largest absolute Gasteiger partial charge is 0.151 e. The zero-order valence-electron chi connectivity index (χ0n) is 15.6. The first-order valence-electron chi connectivity index (χ1n) is 9.45. The van der Waals surface area contributed by atoms with Crippen molar-refractivity contribution >= 4 is 48.8 Å². The molecule has 0 bridgehead atoms. The first-order valence-corrected chi connectivity index (χ1v) is 10.2. The minimum Gasteiger partial charge on any atom is -0.151 e. The second kappa shape index (κ2) is 7.61. The molecule has 0 aliphatic heterocycles. The summed E-state index contributed by atoms with van der Waals surface area (Å²) in [5, 5.41) is 13.7. The van der Waals surface area contributed by atoms with E-state index in [4.69, 9.17) is 0 Å². The van der Waals surface area contributed by atoms with E-state index in [2.05, 4.69) is 92.9 Å². The Hall–Kier alpha value is -3.30. The lowest BCUT2D eigenvalue weighted by Crippen LogP contribution is -1.82. The highest BCUT2D eigenvalue weighted by Crippen LogP contribution is 2.33. The summed E-state index contributed by atoms with van der Waals surface area (Å²) in [6, 6.07) is 35.5. The maximum Gasteiger partial charge on any atom is 0.0857 e. The minimum absolute atomic E-state index is 0.832. The second-order valence-electron chi connectivity index (χ2n) is 6.95. The molecule has 2 nitrogen and oxygen atoms in total. The van der Waals surface area contributed by atoms with Gasteiger partial charge in [0.15, 0.2) is 0 Å². The SMILES string of the molecule is Brc1ccc(N=Nc2ccc(-c3cccc4cc5ccccc5cc34)cc2)cc1. The fourth-order valence-corrected chi connectivity index (χ4v) is 3.81. The van der Waals surface area contributed by atoms with Gasteiger partial charge in [-0.25, -0.2) is 0 Å². The standard InChI is InChI=1S/C26H17BrN2/c27-22-10-14-24(15-11-22)29-28-23-12-8-18(9-13-23)25-7-3-6-21-16-19-4-1-2-5-20(19)17-26(21)25/h1-17H. The summed E-state index contributed by atoms with van der Waals surface area (Å²) in [5.41, 5.74) is 4.07. The summed E-state index contributed by atoms with van der Waals surface area (Å²) >= 11 is 3.43. The number of fused-ring (bicyclic) bond motifs is 2.